The molecule has 2 N–H and O–H groups in total. The van der Waals surface area contributed by atoms with Gasteiger partial charge in [-0.1, -0.05) is 6.92 Å². The molecule has 0 saturated heterocycles. The summed E-state index contributed by atoms with van der Waals surface area (Å²) in [5.41, 5.74) is 1.09. The predicted molar refractivity (Wildman–Crippen MR) is 77.0 cm³/mol. The molecule has 1 heterocycles. The molecule has 1 aromatic heterocycles. The lowest BCUT2D eigenvalue weighted by Crippen LogP contribution is -2.28. The second kappa shape index (κ2) is 7.23. The van der Waals surface area contributed by atoms with Gasteiger partial charge in [-0.05, 0) is 26.5 Å². The third kappa shape index (κ3) is 4.19. The van der Waals surface area contributed by atoms with Gasteiger partial charge in [-0.2, -0.15) is 0 Å². The molecular weight excluding hydrogens is 278 g/mol. The third-order valence-electron chi connectivity index (χ3n) is 2.87. The van der Waals surface area contributed by atoms with Crippen molar-refractivity contribution >= 4 is 23.6 Å². The van der Waals surface area contributed by atoms with Crippen LogP contribution in [0.4, 0.5) is 0 Å². The van der Waals surface area contributed by atoms with Gasteiger partial charge in [0.1, 0.15) is 10.9 Å². The van der Waals surface area contributed by atoms with Gasteiger partial charge in [0.25, 0.3) is 5.91 Å². The summed E-state index contributed by atoms with van der Waals surface area (Å²) in [6, 6.07) is 0. The lowest BCUT2D eigenvalue weighted by Gasteiger charge is -2.12. The van der Waals surface area contributed by atoms with Crippen LogP contribution in [0.25, 0.3) is 0 Å². The minimum absolute atomic E-state index is 0.260. The standard InChI is InChI=1S/C13H19N3O3S/c1-7(13(18)19)5-6-14-11(17)10-8(2)15-9(3)16-12(10)20-4/h7H,5-6H2,1-4H3,(H,14,17)(H,18,19). The highest BCUT2D eigenvalue weighted by Gasteiger charge is 2.18. The molecule has 0 bridgehead atoms. The van der Waals surface area contributed by atoms with E-state index in [-0.39, 0.29) is 5.91 Å². The first-order valence-corrected chi connectivity index (χ1v) is 7.49. The van der Waals surface area contributed by atoms with Crippen molar-refractivity contribution in [2.24, 2.45) is 5.92 Å². The van der Waals surface area contributed by atoms with E-state index >= 15 is 0 Å². The molecule has 110 valence electrons. The van der Waals surface area contributed by atoms with Crippen molar-refractivity contribution in [1.82, 2.24) is 15.3 Å². The van der Waals surface area contributed by atoms with Gasteiger partial charge >= 0.3 is 5.97 Å². The molecule has 6 nitrogen and oxygen atoms in total. The van der Waals surface area contributed by atoms with E-state index in [4.69, 9.17) is 5.11 Å². The zero-order chi connectivity index (χ0) is 15.3. The average molecular weight is 297 g/mol. The van der Waals surface area contributed by atoms with Crippen molar-refractivity contribution in [1.29, 1.82) is 0 Å². The Morgan fingerprint density at radius 2 is 2.00 bits per heavy atom. The number of aliphatic carboxylic acids is 1. The number of amides is 1. The highest BCUT2D eigenvalue weighted by atomic mass is 32.2. The number of aryl methyl sites for hydroxylation is 2. The Hall–Kier alpha value is -1.63. The Kier molecular flexibility index (Phi) is 5.94. The molecular formula is C13H19N3O3S. The summed E-state index contributed by atoms with van der Waals surface area (Å²) >= 11 is 1.39. The van der Waals surface area contributed by atoms with Crippen molar-refractivity contribution in [3.8, 4) is 0 Å². The van der Waals surface area contributed by atoms with Gasteiger partial charge < -0.3 is 10.4 Å². The van der Waals surface area contributed by atoms with Crippen molar-refractivity contribution in [3.63, 3.8) is 0 Å². The van der Waals surface area contributed by atoms with Crippen LogP contribution < -0.4 is 5.32 Å². The minimum atomic E-state index is -0.862. The number of thioether (sulfide) groups is 1. The number of carboxylic acids is 1. The van der Waals surface area contributed by atoms with Gasteiger partial charge in [0.05, 0.1) is 17.2 Å². The maximum atomic E-state index is 12.2. The molecule has 1 amide bonds. The first kappa shape index (κ1) is 16.4. The van der Waals surface area contributed by atoms with Crippen LogP contribution in [0.5, 0.6) is 0 Å². The van der Waals surface area contributed by atoms with Crippen LogP contribution in [-0.2, 0) is 4.79 Å². The van der Waals surface area contributed by atoms with E-state index in [2.05, 4.69) is 15.3 Å². The van der Waals surface area contributed by atoms with Crippen molar-refractivity contribution in [3.05, 3.63) is 17.1 Å². The summed E-state index contributed by atoms with van der Waals surface area (Å²) in [4.78, 5) is 31.3. The van der Waals surface area contributed by atoms with E-state index in [9.17, 15) is 9.59 Å². The van der Waals surface area contributed by atoms with E-state index in [0.29, 0.717) is 35.1 Å². The Morgan fingerprint density at radius 1 is 1.35 bits per heavy atom. The lowest BCUT2D eigenvalue weighted by atomic mass is 10.1. The molecule has 0 radical (unpaired) electrons. The van der Waals surface area contributed by atoms with Gasteiger partial charge in [-0.3, -0.25) is 9.59 Å². The minimum Gasteiger partial charge on any atom is -0.481 e. The Labute approximate surface area is 122 Å². The van der Waals surface area contributed by atoms with Crippen LogP contribution in [0.3, 0.4) is 0 Å². The van der Waals surface area contributed by atoms with Crippen molar-refractivity contribution < 1.29 is 14.7 Å². The number of hydrogen-bond acceptors (Lipinski definition) is 5. The highest BCUT2D eigenvalue weighted by Crippen LogP contribution is 2.20. The molecule has 0 fully saturated rings. The molecule has 1 aromatic rings. The lowest BCUT2D eigenvalue weighted by molar-refractivity contribution is -0.141. The van der Waals surface area contributed by atoms with Crippen LogP contribution >= 0.6 is 11.8 Å². The summed E-state index contributed by atoms with van der Waals surface area (Å²) in [6.45, 7) is 5.47. The Balaban J connectivity index is 2.75. The van der Waals surface area contributed by atoms with E-state index in [1.54, 1.807) is 20.8 Å². The molecule has 0 aliphatic rings. The van der Waals surface area contributed by atoms with Gasteiger partial charge in [0, 0.05) is 6.54 Å². The number of carbonyl (C=O) groups excluding carboxylic acids is 1. The maximum Gasteiger partial charge on any atom is 0.306 e. The van der Waals surface area contributed by atoms with E-state index in [1.807, 2.05) is 6.26 Å². The zero-order valence-electron chi connectivity index (χ0n) is 12.1. The second-order valence-electron chi connectivity index (χ2n) is 4.52. The maximum absolute atomic E-state index is 12.2. The van der Waals surface area contributed by atoms with Crippen LogP contribution in [-0.4, -0.2) is 39.8 Å². The normalized spacial score (nSPS) is 12.0. The molecule has 1 rings (SSSR count). The number of rotatable bonds is 6. The predicted octanol–water partition coefficient (Wildman–Crippen LogP) is 1.66. The molecule has 20 heavy (non-hydrogen) atoms. The topological polar surface area (TPSA) is 92.2 Å². The molecule has 0 aliphatic carbocycles. The second-order valence-corrected chi connectivity index (χ2v) is 5.32. The van der Waals surface area contributed by atoms with Crippen molar-refractivity contribution in [2.75, 3.05) is 12.8 Å². The average Bonchev–Trinajstić information content (AvgIpc) is 2.36. The van der Waals surface area contributed by atoms with E-state index < -0.39 is 11.9 Å². The van der Waals surface area contributed by atoms with Crippen LogP contribution in [0, 0.1) is 19.8 Å². The van der Waals surface area contributed by atoms with Crippen LogP contribution in [0.15, 0.2) is 5.03 Å². The van der Waals surface area contributed by atoms with Gasteiger partial charge in [0.2, 0.25) is 0 Å². The van der Waals surface area contributed by atoms with E-state index in [1.165, 1.54) is 11.8 Å². The van der Waals surface area contributed by atoms with Gasteiger partial charge in [0.15, 0.2) is 0 Å². The number of hydrogen-bond donors (Lipinski definition) is 2. The quantitative estimate of drug-likeness (QED) is 0.613. The number of carbonyl (C=O) groups is 2. The number of nitrogens with one attached hydrogen (secondary N) is 1. The third-order valence-corrected chi connectivity index (χ3v) is 3.56. The molecule has 0 aromatic carbocycles. The van der Waals surface area contributed by atoms with Gasteiger partial charge in [-0.25, -0.2) is 9.97 Å². The number of aromatic nitrogens is 2. The molecule has 7 heteroatoms. The Bertz CT molecular complexity index is 520. The SMILES string of the molecule is CSc1nc(C)nc(C)c1C(=O)NCCC(C)C(=O)O. The summed E-state index contributed by atoms with van der Waals surface area (Å²) in [7, 11) is 0. The first-order valence-electron chi connectivity index (χ1n) is 6.27. The fourth-order valence-corrected chi connectivity index (χ4v) is 2.37. The van der Waals surface area contributed by atoms with E-state index in [0.717, 1.165) is 0 Å². The fraction of sp³-hybridized carbons (Fsp3) is 0.538. The number of carboxylic acid groups (broad SMARTS) is 1. The molecule has 1 unspecified atom stereocenters. The summed E-state index contributed by atoms with van der Waals surface area (Å²) in [5.74, 6) is -0.975. The largest absolute Gasteiger partial charge is 0.481 e. The van der Waals surface area contributed by atoms with Gasteiger partial charge in [-0.15, -0.1) is 11.8 Å². The van der Waals surface area contributed by atoms with Crippen LogP contribution in [0.1, 0.15) is 35.2 Å². The monoisotopic (exact) mass is 297 g/mol. The summed E-state index contributed by atoms with van der Waals surface area (Å²) in [5, 5.41) is 12.1. The highest BCUT2D eigenvalue weighted by molar-refractivity contribution is 7.98. The fourth-order valence-electron chi connectivity index (χ4n) is 1.70. The molecule has 1 atom stereocenters. The molecule has 0 spiro atoms. The van der Waals surface area contributed by atoms with Crippen molar-refractivity contribution in [2.45, 2.75) is 32.2 Å². The number of nitrogens with zero attached hydrogens (tertiary/aromatic N) is 2. The zero-order valence-corrected chi connectivity index (χ0v) is 12.9. The van der Waals surface area contributed by atoms with Crippen LogP contribution in [0.2, 0.25) is 0 Å². The summed E-state index contributed by atoms with van der Waals surface area (Å²) < 4.78 is 0. The molecule has 0 saturated carbocycles. The Morgan fingerprint density at radius 3 is 2.55 bits per heavy atom. The smallest absolute Gasteiger partial charge is 0.306 e. The first-order chi connectivity index (χ1) is 9.36. The molecule has 0 aliphatic heterocycles. The summed E-state index contributed by atoms with van der Waals surface area (Å²) in [6.07, 6.45) is 2.24.